The van der Waals surface area contributed by atoms with Crippen LogP contribution in [0.2, 0.25) is 0 Å². The molecule has 5 nitrogen and oxygen atoms in total. The smallest absolute Gasteiger partial charge is 0.282 e. The minimum atomic E-state index is -0.386. The molecule has 0 spiro atoms. The van der Waals surface area contributed by atoms with Gasteiger partial charge in [0.25, 0.3) is 11.8 Å². The van der Waals surface area contributed by atoms with Gasteiger partial charge in [-0.1, -0.05) is 36.4 Å². The van der Waals surface area contributed by atoms with Crippen molar-refractivity contribution in [3.05, 3.63) is 94.2 Å². The van der Waals surface area contributed by atoms with Crippen LogP contribution in [0, 0.1) is 27.7 Å². The molecule has 0 saturated heterocycles. The summed E-state index contributed by atoms with van der Waals surface area (Å²) >= 11 is 0. The summed E-state index contributed by atoms with van der Waals surface area (Å²) in [7, 11) is 1.56. The Balaban J connectivity index is 1.89. The number of rotatable bonds is 5. The number of nitrogens with zero attached hydrogens (tertiary/aromatic N) is 1. The molecular weight excluding hydrogens is 400 g/mol. The Bertz CT molecular complexity index is 1270. The normalized spacial score (nSPS) is 13.7. The van der Waals surface area contributed by atoms with Crippen molar-refractivity contribution in [1.82, 2.24) is 0 Å². The number of ether oxygens (including phenoxy) is 1. The van der Waals surface area contributed by atoms with E-state index in [4.69, 9.17) is 4.74 Å². The Hall–Kier alpha value is -3.86. The fourth-order valence-electron chi connectivity index (χ4n) is 3.91. The Kier molecular flexibility index (Phi) is 5.57. The average molecular weight is 427 g/mol. The third-order valence-electron chi connectivity index (χ3n) is 6.05. The largest absolute Gasteiger partial charge is 0.496 e. The molecule has 0 saturated carbocycles. The van der Waals surface area contributed by atoms with Crippen LogP contribution in [0.5, 0.6) is 5.75 Å². The fraction of sp³-hybridized carbons (Fsp3) is 0.185. The molecule has 0 radical (unpaired) electrons. The highest BCUT2D eigenvalue weighted by atomic mass is 16.5. The maximum absolute atomic E-state index is 13.7. The molecule has 162 valence electrons. The van der Waals surface area contributed by atoms with E-state index in [1.807, 2.05) is 70.2 Å². The Morgan fingerprint density at radius 1 is 0.781 bits per heavy atom. The summed E-state index contributed by atoms with van der Waals surface area (Å²) in [4.78, 5) is 28.6. The number of carbonyl (C=O) groups excluding carboxylic acids is 2. The lowest BCUT2D eigenvalue weighted by molar-refractivity contribution is -0.120. The van der Waals surface area contributed by atoms with E-state index < -0.39 is 0 Å². The molecule has 1 N–H and O–H groups in total. The first-order valence-electron chi connectivity index (χ1n) is 10.5. The summed E-state index contributed by atoms with van der Waals surface area (Å²) < 4.78 is 5.51. The van der Waals surface area contributed by atoms with E-state index >= 15 is 0 Å². The third-order valence-corrected chi connectivity index (χ3v) is 6.05. The zero-order valence-corrected chi connectivity index (χ0v) is 18.9. The number of hydrogen-bond donors (Lipinski definition) is 1. The third kappa shape index (κ3) is 3.56. The maximum Gasteiger partial charge on any atom is 0.282 e. The van der Waals surface area contributed by atoms with Crippen LogP contribution in [0.15, 0.2) is 66.4 Å². The molecule has 0 fully saturated rings. The van der Waals surface area contributed by atoms with Gasteiger partial charge in [-0.25, -0.2) is 4.90 Å². The number of methoxy groups -OCH3 is 1. The number of hydrogen-bond acceptors (Lipinski definition) is 4. The van der Waals surface area contributed by atoms with Crippen LogP contribution >= 0.6 is 0 Å². The SMILES string of the molecule is COc1ccccc1C1=C(Nc2ccc(C)c(C)c2)C(=O)N(c2cccc(C)c2C)C1=O. The standard InChI is InChI=1S/C27H26N2O3/c1-16-13-14-20(15-18(16)3)28-25-24(21-10-6-7-12-23(21)32-5)26(30)29(27(25)31)22-11-8-9-17(2)19(22)4/h6-15,28H,1-5H3. The summed E-state index contributed by atoms with van der Waals surface area (Å²) in [5, 5.41) is 3.23. The van der Waals surface area contributed by atoms with Gasteiger partial charge in [0.1, 0.15) is 11.4 Å². The van der Waals surface area contributed by atoms with E-state index in [1.54, 1.807) is 25.3 Å². The van der Waals surface area contributed by atoms with Crippen molar-refractivity contribution in [2.75, 3.05) is 17.3 Å². The number of amides is 2. The van der Waals surface area contributed by atoms with Crippen molar-refractivity contribution >= 4 is 28.8 Å². The van der Waals surface area contributed by atoms with Crippen LogP contribution in [0.25, 0.3) is 5.57 Å². The number of benzene rings is 3. The molecule has 2 amide bonds. The molecule has 0 atom stereocenters. The van der Waals surface area contributed by atoms with Crippen molar-refractivity contribution < 1.29 is 14.3 Å². The Morgan fingerprint density at radius 2 is 1.53 bits per heavy atom. The lowest BCUT2D eigenvalue weighted by Gasteiger charge is -2.19. The summed E-state index contributed by atoms with van der Waals surface area (Å²) in [6.45, 7) is 7.93. The second-order valence-corrected chi connectivity index (χ2v) is 8.04. The summed E-state index contributed by atoms with van der Waals surface area (Å²) in [5.74, 6) is -0.229. The molecule has 1 aliphatic rings. The first kappa shape index (κ1) is 21.4. The van der Waals surface area contributed by atoms with Gasteiger partial charge in [-0.2, -0.15) is 0 Å². The first-order valence-corrected chi connectivity index (χ1v) is 10.5. The highest BCUT2D eigenvalue weighted by Crippen LogP contribution is 2.38. The van der Waals surface area contributed by atoms with E-state index in [-0.39, 0.29) is 17.5 Å². The molecule has 5 heteroatoms. The molecule has 32 heavy (non-hydrogen) atoms. The summed E-state index contributed by atoms with van der Waals surface area (Å²) in [5.41, 5.74) is 6.60. The molecule has 0 aromatic heterocycles. The molecule has 3 aromatic carbocycles. The number of imide groups is 1. The number of para-hydroxylation sites is 1. The molecule has 1 aliphatic heterocycles. The van der Waals surface area contributed by atoms with Gasteiger partial charge < -0.3 is 10.1 Å². The van der Waals surface area contributed by atoms with Gasteiger partial charge in [-0.15, -0.1) is 0 Å². The number of nitrogens with one attached hydrogen (secondary N) is 1. The predicted octanol–water partition coefficient (Wildman–Crippen LogP) is 5.33. The lowest BCUT2D eigenvalue weighted by atomic mass is 10.0. The van der Waals surface area contributed by atoms with Gasteiger partial charge in [0.05, 0.1) is 18.4 Å². The van der Waals surface area contributed by atoms with E-state index in [9.17, 15) is 9.59 Å². The summed E-state index contributed by atoms with van der Waals surface area (Å²) in [6, 6.07) is 18.8. The minimum Gasteiger partial charge on any atom is -0.496 e. The fourth-order valence-corrected chi connectivity index (χ4v) is 3.91. The van der Waals surface area contributed by atoms with Crippen LogP contribution < -0.4 is 15.0 Å². The van der Waals surface area contributed by atoms with Gasteiger partial charge in [0, 0.05) is 11.3 Å². The van der Waals surface area contributed by atoms with Gasteiger partial charge in [-0.05, 0) is 74.2 Å². The van der Waals surface area contributed by atoms with Crippen LogP contribution in [-0.2, 0) is 9.59 Å². The Labute approximate surface area is 188 Å². The van der Waals surface area contributed by atoms with Crippen LogP contribution in [0.4, 0.5) is 11.4 Å². The van der Waals surface area contributed by atoms with Crippen molar-refractivity contribution in [3.63, 3.8) is 0 Å². The van der Waals surface area contributed by atoms with Crippen LogP contribution in [0.3, 0.4) is 0 Å². The lowest BCUT2D eigenvalue weighted by Crippen LogP contribution is -2.33. The first-order chi connectivity index (χ1) is 15.3. The molecule has 0 bridgehead atoms. The monoisotopic (exact) mass is 426 g/mol. The molecule has 0 aliphatic carbocycles. The predicted molar refractivity (Wildman–Crippen MR) is 128 cm³/mol. The van der Waals surface area contributed by atoms with Crippen molar-refractivity contribution in [1.29, 1.82) is 0 Å². The minimum absolute atomic E-state index is 0.239. The van der Waals surface area contributed by atoms with Crippen molar-refractivity contribution in [2.24, 2.45) is 0 Å². The van der Waals surface area contributed by atoms with Gasteiger partial charge in [0.15, 0.2) is 0 Å². The van der Waals surface area contributed by atoms with Gasteiger partial charge in [0.2, 0.25) is 0 Å². The van der Waals surface area contributed by atoms with Crippen LogP contribution in [0.1, 0.15) is 27.8 Å². The number of anilines is 2. The highest BCUT2D eigenvalue weighted by molar-refractivity contribution is 6.46. The second kappa shape index (κ2) is 8.35. The zero-order valence-electron chi connectivity index (χ0n) is 18.9. The number of aryl methyl sites for hydroxylation is 3. The highest BCUT2D eigenvalue weighted by Gasteiger charge is 2.41. The molecule has 4 rings (SSSR count). The van der Waals surface area contributed by atoms with Crippen LogP contribution in [-0.4, -0.2) is 18.9 Å². The second-order valence-electron chi connectivity index (χ2n) is 8.04. The quantitative estimate of drug-likeness (QED) is 0.561. The van der Waals surface area contributed by atoms with E-state index in [2.05, 4.69) is 5.32 Å². The molecular formula is C27H26N2O3. The van der Waals surface area contributed by atoms with Crippen molar-refractivity contribution in [2.45, 2.75) is 27.7 Å². The van der Waals surface area contributed by atoms with Gasteiger partial charge in [-0.3, -0.25) is 9.59 Å². The van der Waals surface area contributed by atoms with Crippen molar-refractivity contribution in [3.8, 4) is 5.75 Å². The Morgan fingerprint density at radius 3 is 2.25 bits per heavy atom. The van der Waals surface area contributed by atoms with E-state index in [0.29, 0.717) is 22.6 Å². The topological polar surface area (TPSA) is 58.6 Å². The average Bonchev–Trinajstić information content (AvgIpc) is 3.02. The number of carbonyl (C=O) groups is 2. The van der Waals surface area contributed by atoms with Gasteiger partial charge >= 0.3 is 0 Å². The molecule has 1 heterocycles. The molecule has 3 aromatic rings. The summed E-state index contributed by atoms with van der Waals surface area (Å²) in [6.07, 6.45) is 0. The molecule has 0 unspecified atom stereocenters. The van der Waals surface area contributed by atoms with E-state index in [0.717, 1.165) is 27.9 Å². The maximum atomic E-state index is 13.7. The van der Waals surface area contributed by atoms with E-state index in [1.165, 1.54) is 4.90 Å². The zero-order chi connectivity index (χ0) is 23.0.